The van der Waals surface area contributed by atoms with E-state index in [1.807, 2.05) is 31.2 Å². The third-order valence-electron chi connectivity index (χ3n) is 5.61. The van der Waals surface area contributed by atoms with Gasteiger partial charge in [-0.15, -0.1) is 0 Å². The number of pyridine rings is 1. The molecule has 9 nitrogen and oxygen atoms in total. The number of ether oxygens (including phenoxy) is 2. The third kappa shape index (κ3) is 4.33. The highest BCUT2D eigenvalue weighted by molar-refractivity contribution is 7.91. The number of carbonyl (C=O) groups is 1. The standard InChI is InChI=1S/C22H26N4O5S/c1-14-20-18(22(27)23-9-10-30-2)12-19(15-4-6-17(31-3)7-5-15)24-21(20)26(25-14)16-8-11-32(28,29)13-16/h4-7,12,16H,8-11,13H2,1-3H3,(H,23,27)/t16-/m1/s1. The van der Waals surface area contributed by atoms with Crippen molar-refractivity contribution in [2.24, 2.45) is 0 Å². The predicted octanol–water partition coefficient (Wildman–Crippen LogP) is 2.15. The Morgan fingerprint density at radius 3 is 2.62 bits per heavy atom. The van der Waals surface area contributed by atoms with Crippen molar-refractivity contribution in [2.45, 2.75) is 19.4 Å². The van der Waals surface area contributed by atoms with E-state index in [1.54, 1.807) is 25.0 Å². The molecule has 1 atom stereocenters. The molecule has 1 fully saturated rings. The van der Waals surface area contributed by atoms with Crippen molar-refractivity contribution in [2.75, 3.05) is 38.9 Å². The number of sulfone groups is 1. The van der Waals surface area contributed by atoms with Gasteiger partial charge in [-0.2, -0.15) is 5.10 Å². The molecular formula is C22H26N4O5S. The topological polar surface area (TPSA) is 112 Å². The molecule has 0 bridgehead atoms. The average Bonchev–Trinajstić information content (AvgIpc) is 3.32. The molecule has 1 saturated heterocycles. The van der Waals surface area contributed by atoms with Gasteiger partial charge >= 0.3 is 0 Å². The van der Waals surface area contributed by atoms with Crippen LogP contribution in [0.3, 0.4) is 0 Å². The van der Waals surface area contributed by atoms with Crippen molar-refractivity contribution in [1.29, 1.82) is 0 Å². The summed E-state index contributed by atoms with van der Waals surface area (Å²) >= 11 is 0. The second kappa shape index (κ2) is 8.87. The summed E-state index contributed by atoms with van der Waals surface area (Å²) in [5.41, 5.74) is 2.99. The first-order chi connectivity index (χ1) is 15.3. The molecule has 1 amide bonds. The SMILES string of the molecule is COCCNC(=O)c1cc(-c2ccc(OC)cc2)nc2c1c(C)nn2[C@@H]1CCS(=O)(=O)C1. The number of rotatable bonds is 7. The summed E-state index contributed by atoms with van der Waals surface area (Å²) in [6, 6.07) is 8.83. The monoisotopic (exact) mass is 458 g/mol. The van der Waals surface area contributed by atoms with Crippen molar-refractivity contribution in [1.82, 2.24) is 20.1 Å². The molecule has 0 saturated carbocycles. The fourth-order valence-corrected chi connectivity index (χ4v) is 5.68. The molecule has 0 radical (unpaired) electrons. The number of aryl methyl sites for hydroxylation is 1. The molecule has 0 spiro atoms. The van der Waals surface area contributed by atoms with Gasteiger partial charge in [-0.1, -0.05) is 0 Å². The zero-order valence-electron chi connectivity index (χ0n) is 18.3. The van der Waals surface area contributed by atoms with Crippen LogP contribution in [0, 0.1) is 6.92 Å². The normalized spacial score (nSPS) is 17.5. The van der Waals surface area contributed by atoms with Crippen LogP contribution in [0.15, 0.2) is 30.3 Å². The maximum Gasteiger partial charge on any atom is 0.252 e. The molecule has 1 aromatic carbocycles. The smallest absolute Gasteiger partial charge is 0.252 e. The van der Waals surface area contributed by atoms with Crippen molar-refractivity contribution in [3.8, 4) is 17.0 Å². The Morgan fingerprint density at radius 1 is 1.25 bits per heavy atom. The molecule has 3 aromatic rings. The highest BCUT2D eigenvalue weighted by Crippen LogP contribution is 2.32. The Bertz CT molecular complexity index is 1250. The van der Waals surface area contributed by atoms with Crippen LogP contribution in [0.4, 0.5) is 0 Å². The minimum atomic E-state index is -3.11. The van der Waals surface area contributed by atoms with Gasteiger partial charge in [0.1, 0.15) is 5.75 Å². The summed E-state index contributed by atoms with van der Waals surface area (Å²) in [5, 5.41) is 8.09. The Morgan fingerprint density at radius 2 is 2.00 bits per heavy atom. The summed E-state index contributed by atoms with van der Waals surface area (Å²) in [6.45, 7) is 2.57. The fourth-order valence-electron chi connectivity index (χ4n) is 3.99. The van der Waals surface area contributed by atoms with E-state index in [0.29, 0.717) is 53.3 Å². The van der Waals surface area contributed by atoms with Gasteiger partial charge in [-0.3, -0.25) is 4.79 Å². The number of carbonyl (C=O) groups excluding carboxylic acids is 1. The van der Waals surface area contributed by atoms with E-state index in [0.717, 1.165) is 5.56 Å². The largest absolute Gasteiger partial charge is 0.497 e. The van der Waals surface area contributed by atoms with Gasteiger partial charge < -0.3 is 14.8 Å². The summed E-state index contributed by atoms with van der Waals surface area (Å²) in [5.74, 6) is 0.600. The van der Waals surface area contributed by atoms with Crippen LogP contribution in [0.1, 0.15) is 28.5 Å². The lowest BCUT2D eigenvalue weighted by Crippen LogP contribution is -2.27. The van der Waals surface area contributed by atoms with Crippen LogP contribution < -0.4 is 10.1 Å². The maximum atomic E-state index is 13.1. The van der Waals surface area contributed by atoms with Gasteiger partial charge in [0.25, 0.3) is 5.91 Å². The van der Waals surface area contributed by atoms with Gasteiger partial charge in [-0.05, 0) is 43.7 Å². The van der Waals surface area contributed by atoms with E-state index in [9.17, 15) is 13.2 Å². The van der Waals surface area contributed by atoms with Crippen LogP contribution in [-0.4, -0.2) is 68.0 Å². The van der Waals surface area contributed by atoms with Gasteiger partial charge in [0.15, 0.2) is 15.5 Å². The van der Waals surface area contributed by atoms with E-state index >= 15 is 0 Å². The molecule has 4 rings (SSSR count). The lowest BCUT2D eigenvalue weighted by atomic mass is 10.0. The zero-order valence-corrected chi connectivity index (χ0v) is 19.1. The molecule has 3 heterocycles. The van der Waals surface area contributed by atoms with Gasteiger partial charge in [0, 0.05) is 19.2 Å². The molecule has 1 N–H and O–H groups in total. The van der Waals surface area contributed by atoms with Crippen LogP contribution >= 0.6 is 0 Å². The molecule has 1 aliphatic heterocycles. The number of benzene rings is 1. The number of hydrogen-bond acceptors (Lipinski definition) is 7. The molecule has 0 aliphatic carbocycles. The Balaban J connectivity index is 1.86. The summed E-state index contributed by atoms with van der Waals surface area (Å²) in [6.07, 6.45) is 0.475. The number of fused-ring (bicyclic) bond motifs is 1. The van der Waals surface area contributed by atoms with Crippen LogP contribution in [-0.2, 0) is 14.6 Å². The fraction of sp³-hybridized carbons (Fsp3) is 0.409. The van der Waals surface area contributed by atoms with Crippen LogP contribution in [0.25, 0.3) is 22.3 Å². The van der Waals surface area contributed by atoms with Crippen molar-refractivity contribution in [3.63, 3.8) is 0 Å². The molecule has 10 heteroatoms. The minimum absolute atomic E-state index is 0.0209. The lowest BCUT2D eigenvalue weighted by Gasteiger charge is -2.12. The van der Waals surface area contributed by atoms with Crippen molar-refractivity contribution >= 4 is 26.8 Å². The minimum Gasteiger partial charge on any atom is -0.497 e. The number of hydrogen-bond donors (Lipinski definition) is 1. The van der Waals surface area contributed by atoms with E-state index in [2.05, 4.69) is 10.4 Å². The third-order valence-corrected chi connectivity index (χ3v) is 7.36. The Kier molecular flexibility index (Phi) is 6.16. The molecule has 2 aromatic heterocycles. The molecule has 0 unspecified atom stereocenters. The van der Waals surface area contributed by atoms with Crippen LogP contribution in [0.2, 0.25) is 0 Å². The summed E-state index contributed by atoms with van der Waals surface area (Å²) in [7, 11) is 0.0578. The van der Waals surface area contributed by atoms with E-state index < -0.39 is 9.84 Å². The zero-order chi connectivity index (χ0) is 22.9. The average molecular weight is 459 g/mol. The second-order valence-corrected chi connectivity index (χ2v) is 10.0. The number of nitrogens with zero attached hydrogens (tertiary/aromatic N) is 3. The summed E-state index contributed by atoms with van der Waals surface area (Å²) < 4.78 is 36.1. The Hall–Kier alpha value is -2.98. The number of amides is 1. The number of aromatic nitrogens is 3. The van der Waals surface area contributed by atoms with Gasteiger partial charge in [0.05, 0.1) is 53.6 Å². The molecule has 32 heavy (non-hydrogen) atoms. The van der Waals surface area contributed by atoms with Gasteiger partial charge in [-0.25, -0.2) is 18.1 Å². The van der Waals surface area contributed by atoms with E-state index in [-0.39, 0.29) is 23.5 Å². The highest BCUT2D eigenvalue weighted by atomic mass is 32.2. The summed E-state index contributed by atoms with van der Waals surface area (Å²) in [4.78, 5) is 17.9. The number of methoxy groups -OCH3 is 2. The second-order valence-electron chi connectivity index (χ2n) is 7.82. The van der Waals surface area contributed by atoms with E-state index in [1.165, 1.54) is 0 Å². The van der Waals surface area contributed by atoms with Crippen LogP contribution in [0.5, 0.6) is 5.75 Å². The Labute approximate surface area is 186 Å². The molecule has 170 valence electrons. The first-order valence-electron chi connectivity index (χ1n) is 10.3. The van der Waals surface area contributed by atoms with Crippen molar-refractivity contribution < 1.29 is 22.7 Å². The molecule has 1 aliphatic rings. The predicted molar refractivity (Wildman–Crippen MR) is 121 cm³/mol. The highest BCUT2D eigenvalue weighted by Gasteiger charge is 2.32. The van der Waals surface area contributed by atoms with Crippen molar-refractivity contribution in [3.05, 3.63) is 41.6 Å². The van der Waals surface area contributed by atoms with Gasteiger partial charge in [0.2, 0.25) is 0 Å². The maximum absolute atomic E-state index is 13.1. The van der Waals surface area contributed by atoms with E-state index in [4.69, 9.17) is 14.5 Å². The first-order valence-corrected chi connectivity index (χ1v) is 12.2. The molecular weight excluding hydrogens is 432 g/mol. The lowest BCUT2D eigenvalue weighted by molar-refractivity contribution is 0.0938. The first kappa shape index (κ1) is 22.2. The quantitative estimate of drug-likeness (QED) is 0.540. The number of nitrogens with one attached hydrogen (secondary N) is 1.